The molecule has 1 aliphatic rings. The van der Waals surface area contributed by atoms with Crippen LogP contribution in [0.5, 0.6) is 0 Å². The lowest BCUT2D eigenvalue weighted by Crippen LogP contribution is -3.15. The van der Waals surface area contributed by atoms with Crippen LogP contribution < -0.4 is 45.3 Å². The first-order valence-corrected chi connectivity index (χ1v) is 7.20. The second-order valence-corrected chi connectivity index (χ2v) is 4.98. The van der Waals surface area contributed by atoms with Gasteiger partial charge in [0, 0.05) is 12.5 Å². The highest BCUT2D eigenvalue weighted by Gasteiger charge is 2.20. The lowest BCUT2D eigenvalue weighted by atomic mass is 10.3. The van der Waals surface area contributed by atoms with Crippen LogP contribution in [0.15, 0.2) is 18.3 Å². The first kappa shape index (κ1) is 21.6. The summed E-state index contributed by atoms with van der Waals surface area (Å²) >= 11 is 0. The minimum atomic E-state index is -0.0453. The van der Waals surface area contributed by atoms with E-state index in [9.17, 15) is 9.59 Å². The molecule has 1 fully saturated rings. The maximum Gasteiger partial charge on any atom is 0.362 e. The van der Waals surface area contributed by atoms with E-state index in [-0.39, 0.29) is 36.6 Å². The molecule has 0 aliphatic carbocycles. The minimum Gasteiger partial charge on any atom is -1.00 e. The number of hydrogen-bond acceptors (Lipinski definition) is 3. The molecule has 1 aromatic heterocycles. The molecule has 23 heavy (non-hydrogen) atoms. The largest absolute Gasteiger partial charge is 1.00 e. The van der Waals surface area contributed by atoms with Crippen LogP contribution in [0.2, 0.25) is 0 Å². The Morgan fingerprint density at radius 1 is 1.17 bits per heavy atom. The third kappa shape index (κ3) is 7.60. The monoisotopic (exact) mass is 364 g/mol. The Labute approximate surface area is 148 Å². The zero-order chi connectivity index (χ0) is 15.1. The molecule has 1 saturated heterocycles. The molecule has 0 bridgehead atoms. The average Bonchev–Trinajstić information content (AvgIpc) is 2.50. The molecule has 2 amide bonds. The number of carbonyl (C=O) groups excluding carboxylic acids is 2. The highest BCUT2D eigenvalue weighted by atomic mass is 35.5. The Bertz CT molecular complexity index is 493. The lowest BCUT2D eigenvalue weighted by molar-refractivity contribution is -0.899. The van der Waals surface area contributed by atoms with Crippen LogP contribution in [-0.2, 0) is 14.3 Å². The normalized spacial score (nSPS) is 14.1. The highest BCUT2D eigenvalue weighted by molar-refractivity contribution is 5.91. The van der Waals surface area contributed by atoms with Crippen LogP contribution in [0.4, 0.5) is 11.5 Å². The van der Waals surface area contributed by atoms with Gasteiger partial charge in [-0.3, -0.25) is 4.79 Å². The van der Waals surface area contributed by atoms with Gasteiger partial charge in [-0.2, -0.15) is 0 Å². The van der Waals surface area contributed by atoms with Gasteiger partial charge in [0.25, 0.3) is 5.82 Å². The van der Waals surface area contributed by atoms with Gasteiger partial charge in [0.15, 0.2) is 6.54 Å². The third-order valence-corrected chi connectivity index (χ3v) is 3.30. The standard InChI is InChI=1S/C14H20N4O3.2ClH/c1-2-13(19)16-11-3-4-12(15-9-11)17-14(20)10-18-5-7-21-8-6-18;;/h3-4,9H,2,5-8,10H2,1H3,(H,16,19)(H,15,17,20);2*1H. The number of ether oxygens (including phenoxy) is 1. The minimum absolute atomic E-state index is 0. The Hall–Kier alpha value is -1.41. The van der Waals surface area contributed by atoms with Crippen molar-refractivity contribution < 1.29 is 49.0 Å². The van der Waals surface area contributed by atoms with E-state index in [0.717, 1.165) is 13.1 Å². The van der Waals surface area contributed by atoms with Gasteiger partial charge in [-0.05, 0) is 6.07 Å². The van der Waals surface area contributed by atoms with E-state index in [1.54, 1.807) is 25.3 Å². The molecule has 0 radical (unpaired) electrons. The first-order chi connectivity index (χ1) is 10.2. The number of aromatic amines is 1. The Balaban J connectivity index is 0.00000242. The molecule has 0 unspecified atom stereocenters. The molecule has 2 heterocycles. The fourth-order valence-electron chi connectivity index (χ4n) is 2.09. The summed E-state index contributed by atoms with van der Waals surface area (Å²) in [6, 6.07) is 3.49. The van der Waals surface area contributed by atoms with Crippen LogP contribution in [0.25, 0.3) is 0 Å². The zero-order valence-electron chi connectivity index (χ0n) is 13.0. The molecule has 0 atom stereocenters. The summed E-state index contributed by atoms with van der Waals surface area (Å²) in [7, 11) is 0. The Kier molecular flexibility index (Phi) is 10.5. The predicted octanol–water partition coefficient (Wildman–Crippen LogP) is -7.29. The molecule has 130 valence electrons. The van der Waals surface area contributed by atoms with Crippen molar-refractivity contribution in [2.24, 2.45) is 0 Å². The molecular weight excluding hydrogens is 343 g/mol. The number of quaternary nitrogens is 1. The fraction of sp³-hybridized carbons (Fsp3) is 0.500. The molecule has 2 rings (SSSR count). The number of rotatable bonds is 5. The number of hydrogen-bond donors (Lipinski definition) is 3. The van der Waals surface area contributed by atoms with Crippen molar-refractivity contribution in [3.8, 4) is 0 Å². The summed E-state index contributed by atoms with van der Waals surface area (Å²) in [6.07, 6.45) is 2.09. The number of carbonyl (C=O) groups is 2. The van der Waals surface area contributed by atoms with Crippen molar-refractivity contribution in [1.82, 2.24) is 0 Å². The first-order valence-electron chi connectivity index (χ1n) is 7.20. The van der Waals surface area contributed by atoms with Crippen molar-refractivity contribution in [1.29, 1.82) is 0 Å². The number of halogens is 2. The molecule has 0 aromatic carbocycles. The molecule has 1 aromatic rings. The number of pyridine rings is 1. The van der Waals surface area contributed by atoms with Crippen LogP contribution >= 0.6 is 0 Å². The summed E-state index contributed by atoms with van der Waals surface area (Å²) in [6.45, 7) is 5.37. The summed E-state index contributed by atoms with van der Waals surface area (Å²) in [5.74, 6) is 0.534. The van der Waals surface area contributed by atoms with E-state index in [0.29, 0.717) is 37.7 Å². The number of H-pyrrole nitrogens is 1. The van der Waals surface area contributed by atoms with Crippen LogP contribution in [0, 0.1) is 0 Å². The van der Waals surface area contributed by atoms with E-state index in [1.807, 2.05) is 0 Å². The number of aromatic nitrogens is 1. The van der Waals surface area contributed by atoms with Gasteiger partial charge in [0.05, 0.1) is 18.9 Å². The van der Waals surface area contributed by atoms with Crippen molar-refractivity contribution >= 4 is 23.3 Å². The topological polar surface area (TPSA) is 86.0 Å². The van der Waals surface area contributed by atoms with Gasteiger partial charge < -0.3 is 39.8 Å². The zero-order valence-corrected chi connectivity index (χ0v) is 14.5. The SMILES string of the molecule is CCC(=O)Nc1ccc(NC(=O)C[NH+]2CCOCC2)[nH+]c1.[Cl-].[Cl-]. The maximum atomic E-state index is 11.9. The molecule has 4 N–H and O–H groups in total. The predicted molar refractivity (Wildman–Crippen MR) is 76.9 cm³/mol. The summed E-state index contributed by atoms with van der Waals surface area (Å²) in [4.78, 5) is 27.4. The van der Waals surface area contributed by atoms with E-state index in [2.05, 4.69) is 15.6 Å². The van der Waals surface area contributed by atoms with Crippen molar-refractivity contribution in [2.45, 2.75) is 13.3 Å². The van der Waals surface area contributed by atoms with Gasteiger partial charge in [-0.1, -0.05) is 6.92 Å². The smallest absolute Gasteiger partial charge is 0.362 e. The highest BCUT2D eigenvalue weighted by Crippen LogP contribution is 2.06. The number of nitrogens with one attached hydrogen (secondary N) is 4. The maximum absolute atomic E-state index is 11.9. The number of anilines is 2. The lowest BCUT2D eigenvalue weighted by Gasteiger charge is -2.21. The Morgan fingerprint density at radius 2 is 1.87 bits per heavy atom. The van der Waals surface area contributed by atoms with Crippen molar-refractivity contribution in [3.05, 3.63) is 18.3 Å². The molecule has 1 aliphatic heterocycles. The van der Waals surface area contributed by atoms with Gasteiger partial charge in [-0.15, -0.1) is 0 Å². The molecule has 0 spiro atoms. The van der Waals surface area contributed by atoms with Gasteiger partial charge in [-0.25, -0.2) is 15.1 Å². The van der Waals surface area contributed by atoms with E-state index >= 15 is 0 Å². The van der Waals surface area contributed by atoms with Gasteiger partial charge in [0.1, 0.15) is 19.3 Å². The molecule has 9 heteroatoms. The van der Waals surface area contributed by atoms with E-state index in [4.69, 9.17) is 4.74 Å². The summed E-state index contributed by atoms with van der Waals surface area (Å²) in [5, 5.41) is 5.55. The van der Waals surface area contributed by atoms with E-state index < -0.39 is 0 Å². The van der Waals surface area contributed by atoms with Crippen LogP contribution in [-0.4, -0.2) is 44.7 Å². The number of morpholine rings is 1. The van der Waals surface area contributed by atoms with E-state index in [1.165, 1.54) is 4.90 Å². The van der Waals surface area contributed by atoms with Crippen molar-refractivity contribution in [2.75, 3.05) is 43.5 Å². The van der Waals surface area contributed by atoms with Gasteiger partial charge in [0.2, 0.25) is 5.91 Å². The summed E-state index contributed by atoms with van der Waals surface area (Å²) < 4.78 is 5.26. The third-order valence-electron chi connectivity index (χ3n) is 3.30. The quantitative estimate of drug-likeness (QED) is 0.485. The summed E-state index contributed by atoms with van der Waals surface area (Å²) in [5.41, 5.74) is 0.679. The second kappa shape index (κ2) is 11.2. The molecular formula is C14H22Cl2N4O3. The Morgan fingerprint density at radius 3 is 2.43 bits per heavy atom. The average molecular weight is 365 g/mol. The van der Waals surface area contributed by atoms with Crippen molar-refractivity contribution in [3.63, 3.8) is 0 Å². The van der Waals surface area contributed by atoms with Crippen LogP contribution in [0.1, 0.15) is 13.3 Å². The number of amides is 2. The second-order valence-electron chi connectivity index (χ2n) is 4.98. The molecule has 0 saturated carbocycles. The fourth-order valence-corrected chi connectivity index (χ4v) is 2.09. The molecule has 7 nitrogen and oxygen atoms in total. The van der Waals surface area contributed by atoms with Gasteiger partial charge >= 0.3 is 5.91 Å². The van der Waals surface area contributed by atoms with Crippen LogP contribution in [0.3, 0.4) is 0 Å².